The second kappa shape index (κ2) is 5.40. The van der Waals surface area contributed by atoms with Gasteiger partial charge in [0.15, 0.2) is 0 Å². The number of hydrogen-bond donors (Lipinski definition) is 0. The van der Waals surface area contributed by atoms with Gasteiger partial charge in [-0.05, 0) is 25.5 Å². The fourth-order valence-corrected chi connectivity index (χ4v) is 2.30. The smallest absolute Gasteiger partial charge is 0.225 e. The lowest BCUT2D eigenvalue weighted by molar-refractivity contribution is 0.633. The molecule has 3 heterocycles. The van der Waals surface area contributed by atoms with Crippen LogP contribution in [-0.2, 0) is 0 Å². The van der Waals surface area contributed by atoms with E-state index in [4.69, 9.17) is 0 Å². The molecule has 6 heteroatoms. The van der Waals surface area contributed by atoms with Gasteiger partial charge in [-0.1, -0.05) is 0 Å². The van der Waals surface area contributed by atoms with Crippen LogP contribution in [0.1, 0.15) is 11.4 Å². The van der Waals surface area contributed by atoms with Crippen LogP contribution in [0, 0.1) is 13.8 Å². The minimum atomic E-state index is 0.812. The summed E-state index contributed by atoms with van der Waals surface area (Å²) in [5.41, 5.74) is 1.09. The van der Waals surface area contributed by atoms with Gasteiger partial charge >= 0.3 is 0 Å². The Hall–Kier alpha value is -2.24. The summed E-state index contributed by atoms with van der Waals surface area (Å²) in [7, 11) is 0. The van der Waals surface area contributed by atoms with Crippen molar-refractivity contribution in [1.82, 2.24) is 19.9 Å². The summed E-state index contributed by atoms with van der Waals surface area (Å²) in [4.78, 5) is 21.9. The SMILES string of the molecule is Cc1cnc(N2CCN(c3ccnc(C)n3)CC2)nc1. The molecular weight excluding hydrogens is 252 g/mol. The van der Waals surface area contributed by atoms with Crippen LogP contribution >= 0.6 is 0 Å². The molecule has 2 aromatic heterocycles. The van der Waals surface area contributed by atoms with Gasteiger partial charge in [0.2, 0.25) is 5.95 Å². The topological polar surface area (TPSA) is 58.0 Å². The molecule has 0 spiro atoms. The molecule has 0 aliphatic carbocycles. The fraction of sp³-hybridized carbons (Fsp3) is 0.429. The van der Waals surface area contributed by atoms with Gasteiger partial charge in [-0.15, -0.1) is 0 Å². The monoisotopic (exact) mass is 270 g/mol. The first kappa shape index (κ1) is 12.8. The minimum absolute atomic E-state index is 0.812. The molecular formula is C14H18N6. The van der Waals surface area contributed by atoms with Crippen molar-refractivity contribution in [1.29, 1.82) is 0 Å². The summed E-state index contributed by atoms with van der Waals surface area (Å²) in [6, 6.07) is 1.96. The quantitative estimate of drug-likeness (QED) is 0.817. The maximum Gasteiger partial charge on any atom is 0.225 e. The van der Waals surface area contributed by atoms with E-state index in [1.165, 1.54) is 0 Å². The number of nitrogens with zero attached hydrogens (tertiary/aromatic N) is 6. The Morgan fingerprint density at radius 2 is 1.55 bits per heavy atom. The van der Waals surface area contributed by atoms with Crippen LogP contribution in [0.2, 0.25) is 0 Å². The summed E-state index contributed by atoms with van der Waals surface area (Å²) in [5.74, 6) is 2.63. The Balaban J connectivity index is 1.66. The highest BCUT2D eigenvalue weighted by Crippen LogP contribution is 2.15. The van der Waals surface area contributed by atoms with Crippen molar-refractivity contribution >= 4 is 11.8 Å². The number of aryl methyl sites for hydroxylation is 2. The van der Waals surface area contributed by atoms with Gasteiger partial charge in [0, 0.05) is 44.8 Å². The van der Waals surface area contributed by atoms with Gasteiger partial charge in [0.25, 0.3) is 0 Å². The Morgan fingerprint density at radius 3 is 2.20 bits per heavy atom. The molecule has 0 unspecified atom stereocenters. The first-order chi connectivity index (χ1) is 9.72. The van der Waals surface area contributed by atoms with Gasteiger partial charge in [0.1, 0.15) is 11.6 Å². The van der Waals surface area contributed by atoms with Crippen molar-refractivity contribution in [3.05, 3.63) is 36.0 Å². The number of anilines is 2. The van der Waals surface area contributed by atoms with Crippen molar-refractivity contribution < 1.29 is 0 Å². The van der Waals surface area contributed by atoms with Gasteiger partial charge in [0.05, 0.1) is 0 Å². The van der Waals surface area contributed by atoms with E-state index in [2.05, 4.69) is 29.7 Å². The molecule has 20 heavy (non-hydrogen) atoms. The van der Waals surface area contributed by atoms with Crippen LogP contribution in [-0.4, -0.2) is 46.1 Å². The average molecular weight is 270 g/mol. The Kier molecular flexibility index (Phi) is 3.45. The molecule has 0 saturated carbocycles. The van der Waals surface area contributed by atoms with Gasteiger partial charge in [-0.2, -0.15) is 0 Å². The lowest BCUT2D eigenvalue weighted by Gasteiger charge is -2.35. The molecule has 1 aliphatic rings. The van der Waals surface area contributed by atoms with Crippen molar-refractivity contribution in [2.75, 3.05) is 36.0 Å². The lowest BCUT2D eigenvalue weighted by Crippen LogP contribution is -2.47. The lowest BCUT2D eigenvalue weighted by atomic mass is 10.3. The fourth-order valence-electron chi connectivity index (χ4n) is 2.30. The minimum Gasteiger partial charge on any atom is -0.353 e. The van der Waals surface area contributed by atoms with Gasteiger partial charge in [-0.3, -0.25) is 0 Å². The summed E-state index contributed by atoms with van der Waals surface area (Å²) in [6.07, 6.45) is 5.54. The molecule has 1 aliphatic heterocycles. The molecule has 0 N–H and O–H groups in total. The predicted molar refractivity (Wildman–Crippen MR) is 78.0 cm³/mol. The molecule has 1 fully saturated rings. The van der Waals surface area contributed by atoms with Gasteiger partial charge in [-0.25, -0.2) is 19.9 Å². The average Bonchev–Trinajstić information content (AvgIpc) is 2.48. The summed E-state index contributed by atoms with van der Waals surface area (Å²) in [6.45, 7) is 7.58. The summed E-state index contributed by atoms with van der Waals surface area (Å²) in [5, 5.41) is 0. The number of hydrogen-bond acceptors (Lipinski definition) is 6. The summed E-state index contributed by atoms with van der Waals surface area (Å²) >= 11 is 0. The van der Waals surface area contributed by atoms with Crippen molar-refractivity contribution in [2.45, 2.75) is 13.8 Å². The third-order valence-corrected chi connectivity index (χ3v) is 3.42. The molecule has 0 radical (unpaired) electrons. The largest absolute Gasteiger partial charge is 0.353 e. The number of piperazine rings is 1. The van der Waals surface area contributed by atoms with E-state index in [9.17, 15) is 0 Å². The molecule has 1 saturated heterocycles. The van der Waals surface area contributed by atoms with Crippen LogP contribution in [0.25, 0.3) is 0 Å². The standard InChI is InChI=1S/C14H18N6/c1-11-9-16-14(17-10-11)20-7-5-19(6-8-20)13-3-4-15-12(2)18-13/h3-4,9-10H,5-8H2,1-2H3. The molecule has 6 nitrogen and oxygen atoms in total. The van der Waals surface area contributed by atoms with Crippen LogP contribution in [0.15, 0.2) is 24.7 Å². The molecule has 3 rings (SSSR count). The molecule has 0 bridgehead atoms. The second-order valence-corrected chi connectivity index (χ2v) is 5.00. The molecule has 2 aromatic rings. The van der Waals surface area contributed by atoms with Crippen LogP contribution in [0.5, 0.6) is 0 Å². The van der Waals surface area contributed by atoms with Gasteiger partial charge < -0.3 is 9.80 Å². The normalized spacial score (nSPS) is 15.5. The maximum atomic E-state index is 4.47. The number of rotatable bonds is 2. The van der Waals surface area contributed by atoms with E-state index in [1.54, 1.807) is 0 Å². The van der Waals surface area contributed by atoms with Crippen LogP contribution in [0.3, 0.4) is 0 Å². The highest BCUT2D eigenvalue weighted by molar-refractivity contribution is 5.41. The molecule has 104 valence electrons. The molecule has 0 amide bonds. The van der Waals surface area contributed by atoms with Crippen molar-refractivity contribution in [2.24, 2.45) is 0 Å². The predicted octanol–water partition coefficient (Wildman–Crippen LogP) is 1.21. The second-order valence-electron chi connectivity index (χ2n) is 5.00. The van der Waals surface area contributed by atoms with Crippen molar-refractivity contribution in [3.8, 4) is 0 Å². The first-order valence-corrected chi connectivity index (χ1v) is 6.80. The van der Waals surface area contributed by atoms with E-state index in [-0.39, 0.29) is 0 Å². The van der Waals surface area contributed by atoms with E-state index in [0.717, 1.165) is 49.3 Å². The van der Waals surface area contributed by atoms with E-state index in [0.29, 0.717) is 0 Å². The molecule has 0 atom stereocenters. The highest BCUT2D eigenvalue weighted by atomic mass is 15.3. The maximum absolute atomic E-state index is 4.47. The zero-order chi connectivity index (χ0) is 13.9. The zero-order valence-corrected chi connectivity index (χ0v) is 11.8. The zero-order valence-electron chi connectivity index (χ0n) is 11.8. The number of aromatic nitrogens is 4. The Bertz CT molecular complexity index is 574. The van der Waals surface area contributed by atoms with Crippen molar-refractivity contribution in [3.63, 3.8) is 0 Å². The third-order valence-electron chi connectivity index (χ3n) is 3.42. The Labute approximate surface area is 118 Å². The van der Waals surface area contributed by atoms with Crippen LogP contribution in [0.4, 0.5) is 11.8 Å². The first-order valence-electron chi connectivity index (χ1n) is 6.80. The third kappa shape index (κ3) is 2.68. The van der Waals surface area contributed by atoms with E-state index < -0.39 is 0 Å². The van der Waals surface area contributed by atoms with Crippen LogP contribution < -0.4 is 9.80 Å². The summed E-state index contributed by atoms with van der Waals surface area (Å²) < 4.78 is 0. The Morgan fingerprint density at radius 1 is 0.900 bits per heavy atom. The molecule has 0 aromatic carbocycles. The highest BCUT2D eigenvalue weighted by Gasteiger charge is 2.19. The van der Waals surface area contributed by atoms with E-state index >= 15 is 0 Å². The van der Waals surface area contributed by atoms with E-state index in [1.807, 2.05) is 38.5 Å².